The van der Waals surface area contributed by atoms with Crippen LogP contribution in [-0.2, 0) is 15.7 Å². The number of alkyl halides is 3. The second-order valence-corrected chi connectivity index (χ2v) is 8.63. The van der Waals surface area contributed by atoms with Crippen LogP contribution in [0.4, 0.5) is 19.0 Å². The van der Waals surface area contributed by atoms with Crippen molar-refractivity contribution in [3.8, 4) is 17.1 Å². The number of nitrogens with one attached hydrogen (secondary N) is 1. The predicted molar refractivity (Wildman–Crippen MR) is 124 cm³/mol. The highest BCUT2D eigenvalue weighted by Crippen LogP contribution is 2.36. The van der Waals surface area contributed by atoms with Gasteiger partial charge in [-0.1, -0.05) is 18.2 Å². The summed E-state index contributed by atoms with van der Waals surface area (Å²) in [6, 6.07) is 8.06. The third-order valence-corrected chi connectivity index (χ3v) is 5.44. The minimum atomic E-state index is -4.56. The van der Waals surface area contributed by atoms with E-state index in [-0.39, 0.29) is 41.4 Å². The van der Waals surface area contributed by atoms with Gasteiger partial charge in [-0.3, -0.25) is 9.78 Å². The summed E-state index contributed by atoms with van der Waals surface area (Å²) in [7, 11) is 0. The Morgan fingerprint density at radius 3 is 2.76 bits per heavy atom. The summed E-state index contributed by atoms with van der Waals surface area (Å²) < 4.78 is 58.5. The van der Waals surface area contributed by atoms with Gasteiger partial charge in [-0.05, 0) is 32.0 Å². The van der Waals surface area contributed by atoms with Crippen LogP contribution in [0.15, 0.2) is 55.0 Å². The second-order valence-electron chi connectivity index (χ2n) is 8.63. The summed E-state index contributed by atoms with van der Waals surface area (Å²) in [6.07, 6.45) is -0.903. The highest BCUT2D eigenvalue weighted by atomic mass is 19.4. The van der Waals surface area contributed by atoms with Gasteiger partial charge in [0.2, 0.25) is 5.88 Å². The summed E-state index contributed by atoms with van der Waals surface area (Å²) in [5, 5.41) is 6.90. The third kappa shape index (κ3) is 5.37. The summed E-state index contributed by atoms with van der Waals surface area (Å²) in [4.78, 5) is 25.2. The quantitative estimate of drug-likeness (QED) is 0.411. The maximum Gasteiger partial charge on any atom is 0.417 e. The van der Waals surface area contributed by atoms with Crippen molar-refractivity contribution in [3.05, 3.63) is 66.2 Å². The van der Waals surface area contributed by atoms with Crippen LogP contribution in [0.1, 0.15) is 29.9 Å². The van der Waals surface area contributed by atoms with Crippen LogP contribution < -0.4 is 10.1 Å². The number of carbonyl (C=O) groups is 1. The molecule has 0 saturated carbocycles. The Balaban J connectivity index is 1.34. The Morgan fingerprint density at radius 2 is 2.00 bits per heavy atom. The maximum absolute atomic E-state index is 13.5. The van der Waals surface area contributed by atoms with Gasteiger partial charge in [-0.25, -0.2) is 9.97 Å². The summed E-state index contributed by atoms with van der Waals surface area (Å²) in [6.45, 7) is 4.11. The Labute approximate surface area is 208 Å². The van der Waals surface area contributed by atoms with Crippen LogP contribution in [0.3, 0.4) is 0 Å². The largest absolute Gasteiger partial charge is 0.474 e. The number of nitrogens with zero attached hydrogens (tertiary/aromatic N) is 5. The van der Waals surface area contributed by atoms with E-state index in [9.17, 15) is 18.0 Å². The molecule has 37 heavy (non-hydrogen) atoms. The lowest BCUT2D eigenvalue weighted by molar-refractivity contribution is -0.141. The summed E-state index contributed by atoms with van der Waals surface area (Å²) >= 11 is 0. The molecule has 1 atom stereocenters. The molecule has 0 aliphatic carbocycles. The SMILES string of the molecule is CC1(C)OC[C@@H](COc2cncc(C(=O)Nc3cnc4ccc(-c5ccccc5C(F)(F)F)nn34)n2)O1. The molecule has 1 saturated heterocycles. The highest BCUT2D eigenvalue weighted by molar-refractivity contribution is 6.02. The molecule has 192 valence electrons. The maximum atomic E-state index is 13.5. The van der Waals surface area contributed by atoms with Gasteiger partial charge in [-0.15, -0.1) is 0 Å². The van der Waals surface area contributed by atoms with E-state index in [2.05, 4.69) is 25.4 Å². The highest BCUT2D eigenvalue weighted by Gasteiger charge is 2.34. The molecule has 3 aromatic heterocycles. The van der Waals surface area contributed by atoms with Crippen molar-refractivity contribution in [2.75, 3.05) is 18.5 Å². The van der Waals surface area contributed by atoms with E-state index in [1.54, 1.807) is 13.8 Å². The topological polar surface area (TPSA) is 113 Å². The summed E-state index contributed by atoms with van der Waals surface area (Å²) in [5.41, 5.74) is -0.579. The molecule has 4 aromatic rings. The first-order valence-electron chi connectivity index (χ1n) is 11.2. The molecule has 10 nitrogen and oxygen atoms in total. The molecule has 5 rings (SSSR count). The first kappa shape index (κ1) is 24.6. The number of hydrogen-bond donors (Lipinski definition) is 1. The van der Waals surface area contributed by atoms with Crippen molar-refractivity contribution in [1.29, 1.82) is 0 Å². The van der Waals surface area contributed by atoms with E-state index in [0.29, 0.717) is 12.3 Å². The van der Waals surface area contributed by atoms with Gasteiger partial charge in [0.25, 0.3) is 5.91 Å². The molecular weight excluding hydrogens is 493 g/mol. The predicted octanol–water partition coefficient (Wildman–Crippen LogP) is 3.99. The van der Waals surface area contributed by atoms with E-state index < -0.39 is 23.4 Å². The van der Waals surface area contributed by atoms with Crippen LogP contribution in [0.5, 0.6) is 5.88 Å². The number of anilines is 1. The molecule has 1 aromatic carbocycles. The van der Waals surface area contributed by atoms with E-state index >= 15 is 0 Å². The molecule has 0 radical (unpaired) electrons. The number of amides is 1. The average molecular weight is 514 g/mol. The number of fused-ring (bicyclic) bond motifs is 1. The van der Waals surface area contributed by atoms with Crippen molar-refractivity contribution >= 4 is 17.4 Å². The van der Waals surface area contributed by atoms with Gasteiger partial charge in [-0.2, -0.15) is 22.8 Å². The molecule has 1 N–H and O–H groups in total. The van der Waals surface area contributed by atoms with Gasteiger partial charge in [0.05, 0.1) is 36.5 Å². The van der Waals surface area contributed by atoms with Gasteiger partial charge in [0, 0.05) is 5.56 Å². The lowest BCUT2D eigenvalue weighted by atomic mass is 10.0. The lowest BCUT2D eigenvalue weighted by Crippen LogP contribution is -2.25. The molecule has 0 unspecified atom stereocenters. The van der Waals surface area contributed by atoms with Crippen LogP contribution in [0.2, 0.25) is 0 Å². The van der Waals surface area contributed by atoms with E-state index in [1.165, 1.54) is 53.4 Å². The van der Waals surface area contributed by atoms with Crippen LogP contribution in [-0.4, -0.2) is 55.6 Å². The fraction of sp³-hybridized carbons (Fsp3) is 0.292. The van der Waals surface area contributed by atoms with Crippen molar-refractivity contribution < 1.29 is 32.2 Å². The Kier molecular flexibility index (Phi) is 6.25. The Morgan fingerprint density at radius 1 is 1.19 bits per heavy atom. The van der Waals surface area contributed by atoms with Gasteiger partial charge >= 0.3 is 6.18 Å². The number of benzene rings is 1. The fourth-order valence-electron chi connectivity index (χ4n) is 3.79. The molecule has 1 aliphatic rings. The standard InChI is InChI=1S/C24H21F3N6O4/c1-23(2)36-13-14(37-23)12-35-21-11-28-9-18(30-21)22(34)31-20-10-29-19-8-7-17(32-33(19)20)15-5-3-4-6-16(15)24(25,26)27/h3-11,14H,12-13H2,1-2H3,(H,31,34)/t14-/m1/s1. The lowest BCUT2D eigenvalue weighted by Gasteiger charge is -2.17. The van der Waals surface area contributed by atoms with Crippen LogP contribution >= 0.6 is 0 Å². The molecule has 13 heteroatoms. The van der Waals surface area contributed by atoms with Crippen molar-refractivity contribution in [2.45, 2.75) is 31.9 Å². The zero-order chi connectivity index (χ0) is 26.2. The minimum Gasteiger partial charge on any atom is -0.474 e. The number of aromatic nitrogens is 5. The second kappa shape index (κ2) is 9.41. The smallest absolute Gasteiger partial charge is 0.417 e. The number of hydrogen-bond acceptors (Lipinski definition) is 8. The van der Waals surface area contributed by atoms with Gasteiger partial charge < -0.3 is 19.5 Å². The average Bonchev–Trinajstić information content (AvgIpc) is 3.44. The molecule has 4 heterocycles. The Hall–Kier alpha value is -4.10. The van der Waals surface area contributed by atoms with Crippen LogP contribution in [0, 0.1) is 0 Å². The summed E-state index contributed by atoms with van der Waals surface area (Å²) in [5.74, 6) is -1.08. The number of carbonyl (C=O) groups excluding carboxylic acids is 1. The molecule has 0 spiro atoms. The number of ether oxygens (including phenoxy) is 3. The zero-order valence-corrected chi connectivity index (χ0v) is 19.7. The van der Waals surface area contributed by atoms with E-state index in [4.69, 9.17) is 14.2 Å². The molecule has 1 amide bonds. The number of halogens is 3. The molecular formula is C24H21F3N6O4. The monoisotopic (exact) mass is 514 g/mol. The van der Waals surface area contributed by atoms with E-state index in [0.717, 1.165) is 6.07 Å². The zero-order valence-electron chi connectivity index (χ0n) is 19.7. The minimum absolute atomic E-state index is 0.0464. The number of rotatable bonds is 6. The van der Waals surface area contributed by atoms with Crippen LogP contribution in [0.25, 0.3) is 16.9 Å². The first-order valence-corrected chi connectivity index (χ1v) is 11.2. The molecule has 1 fully saturated rings. The third-order valence-electron chi connectivity index (χ3n) is 5.44. The fourth-order valence-corrected chi connectivity index (χ4v) is 3.79. The number of imidazole rings is 1. The van der Waals surface area contributed by atoms with Gasteiger partial charge in [0.1, 0.15) is 12.7 Å². The van der Waals surface area contributed by atoms with Crippen molar-refractivity contribution in [2.24, 2.45) is 0 Å². The molecule has 1 aliphatic heterocycles. The normalized spacial score (nSPS) is 17.2. The van der Waals surface area contributed by atoms with Gasteiger partial charge in [0.15, 0.2) is 22.9 Å². The first-order chi connectivity index (χ1) is 17.6. The molecule has 0 bridgehead atoms. The Bertz CT molecular complexity index is 1460. The van der Waals surface area contributed by atoms with Crippen molar-refractivity contribution in [3.63, 3.8) is 0 Å². The van der Waals surface area contributed by atoms with E-state index in [1.807, 2.05) is 0 Å². The van der Waals surface area contributed by atoms with Crippen molar-refractivity contribution in [1.82, 2.24) is 24.6 Å².